The summed E-state index contributed by atoms with van der Waals surface area (Å²) in [4.78, 5) is 26.3. The Labute approximate surface area is 172 Å². The smallest absolute Gasteiger partial charge is 0.258 e. The number of hydrogen-bond donors (Lipinski definition) is 2. The van der Waals surface area contributed by atoms with Gasteiger partial charge in [-0.05, 0) is 62.1 Å². The number of amides is 2. The van der Waals surface area contributed by atoms with Crippen molar-refractivity contribution in [1.82, 2.24) is 5.32 Å². The molecule has 154 valence electrons. The van der Waals surface area contributed by atoms with Gasteiger partial charge in [-0.15, -0.1) is 0 Å². The molecule has 2 aromatic rings. The third-order valence-electron chi connectivity index (χ3n) is 5.14. The van der Waals surface area contributed by atoms with Crippen LogP contribution >= 0.6 is 0 Å². The van der Waals surface area contributed by atoms with Crippen LogP contribution in [0.5, 0.6) is 5.75 Å². The molecule has 6 nitrogen and oxygen atoms in total. The Bertz CT molecular complexity index is 810. The third-order valence-corrected chi connectivity index (χ3v) is 5.14. The topological polar surface area (TPSA) is 70.7 Å². The molecule has 1 heterocycles. The summed E-state index contributed by atoms with van der Waals surface area (Å²) in [6.45, 7) is 6.20. The maximum absolute atomic E-state index is 12.1. The molecular weight excluding hydrogens is 366 g/mol. The van der Waals surface area contributed by atoms with Crippen LogP contribution < -0.4 is 20.3 Å². The lowest BCUT2D eigenvalue weighted by molar-refractivity contribution is -0.125. The summed E-state index contributed by atoms with van der Waals surface area (Å²) in [5.41, 5.74) is 3.02. The van der Waals surface area contributed by atoms with Crippen LogP contribution in [0.4, 0.5) is 11.4 Å². The van der Waals surface area contributed by atoms with E-state index in [1.54, 1.807) is 0 Å². The summed E-state index contributed by atoms with van der Waals surface area (Å²) < 4.78 is 5.40. The van der Waals surface area contributed by atoms with E-state index in [2.05, 4.69) is 22.5 Å². The van der Waals surface area contributed by atoms with Crippen molar-refractivity contribution in [2.75, 3.05) is 36.5 Å². The average Bonchev–Trinajstić information content (AvgIpc) is 2.73. The number of aryl methyl sites for hydroxylation is 1. The first-order valence-electron chi connectivity index (χ1n) is 10.1. The molecule has 2 amide bonds. The third kappa shape index (κ3) is 6.52. The van der Waals surface area contributed by atoms with Crippen molar-refractivity contribution in [1.29, 1.82) is 0 Å². The Morgan fingerprint density at radius 1 is 1.00 bits per heavy atom. The molecular formula is C23H29N3O3. The van der Waals surface area contributed by atoms with Gasteiger partial charge in [-0.3, -0.25) is 9.59 Å². The monoisotopic (exact) mass is 395 g/mol. The summed E-state index contributed by atoms with van der Waals surface area (Å²) in [5.74, 6) is 0.810. The highest BCUT2D eigenvalue weighted by Gasteiger charge is 2.16. The number of nitrogens with one attached hydrogen (secondary N) is 2. The number of anilines is 2. The van der Waals surface area contributed by atoms with Gasteiger partial charge in [-0.25, -0.2) is 0 Å². The Morgan fingerprint density at radius 3 is 2.31 bits per heavy atom. The van der Waals surface area contributed by atoms with Crippen molar-refractivity contribution in [3.63, 3.8) is 0 Å². The number of nitrogens with zero attached hydrogens (tertiary/aromatic N) is 1. The molecule has 1 aliphatic heterocycles. The van der Waals surface area contributed by atoms with Crippen molar-refractivity contribution < 1.29 is 14.3 Å². The predicted molar refractivity (Wildman–Crippen MR) is 115 cm³/mol. The molecule has 0 aromatic heterocycles. The predicted octanol–water partition coefficient (Wildman–Crippen LogP) is 3.37. The zero-order valence-corrected chi connectivity index (χ0v) is 17.1. The second kappa shape index (κ2) is 9.96. The first-order valence-corrected chi connectivity index (χ1v) is 10.1. The molecule has 1 saturated heterocycles. The van der Waals surface area contributed by atoms with Crippen LogP contribution in [0.1, 0.15) is 25.3 Å². The van der Waals surface area contributed by atoms with Gasteiger partial charge >= 0.3 is 0 Å². The van der Waals surface area contributed by atoms with E-state index < -0.39 is 0 Å². The molecule has 2 aromatic carbocycles. The van der Waals surface area contributed by atoms with Gasteiger partial charge in [-0.1, -0.05) is 24.6 Å². The Balaban J connectivity index is 1.38. The van der Waals surface area contributed by atoms with Crippen LogP contribution in [0.15, 0.2) is 48.5 Å². The van der Waals surface area contributed by atoms with Crippen LogP contribution in [0, 0.1) is 12.8 Å². The lowest BCUT2D eigenvalue weighted by Crippen LogP contribution is -2.35. The van der Waals surface area contributed by atoms with Gasteiger partial charge in [0.15, 0.2) is 6.61 Å². The SMILES string of the molecule is Cc1ccc(OCC(=O)NCC(=O)Nc2ccc(N3CCC(C)CC3)cc2)cc1. The fraction of sp³-hybridized carbons (Fsp3) is 0.391. The summed E-state index contributed by atoms with van der Waals surface area (Å²) in [5, 5.41) is 5.37. The summed E-state index contributed by atoms with van der Waals surface area (Å²) in [7, 11) is 0. The number of hydrogen-bond acceptors (Lipinski definition) is 4. The van der Waals surface area contributed by atoms with Crippen LogP contribution in [0.25, 0.3) is 0 Å². The highest BCUT2D eigenvalue weighted by molar-refractivity contribution is 5.94. The molecule has 29 heavy (non-hydrogen) atoms. The van der Waals surface area contributed by atoms with Gasteiger partial charge in [-0.2, -0.15) is 0 Å². The van der Waals surface area contributed by atoms with E-state index in [-0.39, 0.29) is 25.0 Å². The van der Waals surface area contributed by atoms with Crippen LogP contribution in [-0.4, -0.2) is 38.1 Å². The fourth-order valence-corrected chi connectivity index (χ4v) is 3.24. The van der Waals surface area contributed by atoms with Crippen molar-refractivity contribution in [3.8, 4) is 5.75 Å². The lowest BCUT2D eigenvalue weighted by atomic mass is 9.99. The second-order valence-corrected chi connectivity index (χ2v) is 7.64. The highest BCUT2D eigenvalue weighted by Crippen LogP contribution is 2.24. The van der Waals surface area contributed by atoms with Gasteiger partial charge in [0.25, 0.3) is 5.91 Å². The minimum atomic E-state index is -0.338. The number of carbonyl (C=O) groups excluding carboxylic acids is 2. The van der Waals surface area contributed by atoms with Crippen LogP contribution in [-0.2, 0) is 9.59 Å². The van der Waals surface area contributed by atoms with E-state index in [0.717, 1.165) is 24.6 Å². The second-order valence-electron chi connectivity index (χ2n) is 7.64. The standard InChI is InChI=1S/C23H29N3O3/c1-17-3-9-21(10-4-17)29-16-23(28)24-15-22(27)25-19-5-7-20(8-6-19)26-13-11-18(2)12-14-26/h3-10,18H,11-16H2,1-2H3,(H,24,28)(H,25,27). The number of benzene rings is 2. The van der Waals surface area contributed by atoms with E-state index in [0.29, 0.717) is 11.4 Å². The van der Waals surface area contributed by atoms with Crippen molar-refractivity contribution in [3.05, 3.63) is 54.1 Å². The van der Waals surface area contributed by atoms with E-state index in [1.165, 1.54) is 18.5 Å². The Hall–Kier alpha value is -3.02. The summed E-state index contributed by atoms with van der Waals surface area (Å²) in [6.07, 6.45) is 2.43. The lowest BCUT2D eigenvalue weighted by Gasteiger charge is -2.32. The van der Waals surface area contributed by atoms with E-state index >= 15 is 0 Å². The Morgan fingerprint density at radius 2 is 1.66 bits per heavy atom. The number of carbonyl (C=O) groups is 2. The number of ether oxygens (including phenoxy) is 1. The molecule has 0 saturated carbocycles. The minimum Gasteiger partial charge on any atom is -0.484 e. The molecule has 0 radical (unpaired) electrons. The fourth-order valence-electron chi connectivity index (χ4n) is 3.24. The molecule has 6 heteroatoms. The maximum atomic E-state index is 12.1. The highest BCUT2D eigenvalue weighted by atomic mass is 16.5. The molecule has 3 rings (SSSR count). The zero-order valence-electron chi connectivity index (χ0n) is 17.1. The zero-order chi connectivity index (χ0) is 20.6. The Kier molecular flexibility index (Phi) is 7.11. The summed E-state index contributed by atoms with van der Waals surface area (Å²) in [6, 6.07) is 15.3. The normalized spacial score (nSPS) is 14.3. The van der Waals surface area contributed by atoms with Gasteiger partial charge in [0.2, 0.25) is 5.91 Å². The molecule has 1 fully saturated rings. The molecule has 0 bridgehead atoms. The van der Waals surface area contributed by atoms with E-state index in [9.17, 15) is 9.59 Å². The maximum Gasteiger partial charge on any atom is 0.258 e. The van der Waals surface area contributed by atoms with Gasteiger partial charge in [0, 0.05) is 24.5 Å². The van der Waals surface area contributed by atoms with Crippen molar-refractivity contribution in [2.24, 2.45) is 5.92 Å². The van der Waals surface area contributed by atoms with Crippen LogP contribution in [0.2, 0.25) is 0 Å². The van der Waals surface area contributed by atoms with Crippen LogP contribution in [0.3, 0.4) is 0 Å². The van der Waals surface area contributed by atoms with Crippen molar-refractivity contribution in [2.45, 2.75) is 26.7 Å². The quantitative estimate of drug-likeness (QED) is 0.754. The van der Waals surface area contributed by atoms with Gasteiger partial charge < -0.3 is 20.3 Å². The number of rotatable bonds is 7. The van der Waals surface area contributed by atoms with Crippen molar-refractivity contribution >= 4 is 23.2 Å². The summed E-state index contributed by atoms with van der Waals surface area (Å²) >= 11 is 0. The average molecular weight is 396 g/mol. The molecule has 1 aliphatic rings. The molecule has 0 unspecified atom stereocenters. The molecule has 0 aliphatic carbocycles. The molecule has 0 spiro atoms. The minimum absolute atomic E-state index is 0.0954. The van der Waals surface area contributed by atoms with E-state index in [1.807, 2.05) is 55.5 Å². The largest absolute Gasteiger partial charge is 0.484 e. The van der Waals surface area contributed by atoms with Gasteiger partial charge in [0.05, 0.1) is 6.54 Å². The molecule has 0 atom stereocenters. The number of piperidine rings is 1. The molecule has 2 N–H and O–H groups in total. The first-order chi connectivity index (χ1) is 14.0. The van der Waals surface area contributed by atoms with Gasteiger partial charge in [0.1, 0.15) is 5.75 Å². The first kappa shape index (κ1) is 20.7. The van der Waals surface area contributed by atoms with E-state index in [4.69, 9.17) is 4.74 Å².